The van der Waals surface area contributed by atoms with Crippen molar-refractivity contribution in [1.29, 1.82) is 0 Å². The molecule has 0 radical (unpaired) electrons. The first-order valence-corrected chi connectivity index (χ1v) is 8.81. The monoisotopic (exact) mass is 387 g/mol. The van der Waals surface area contributed by atoms with Crippen LogP contribution in [-0.4, -0.2) is 19.6 Å². The quantitative estimate of drug-likeness (QED) is 0.652. The van der Waals surface area contributed by atoms with E-state index in [1.54, 1.807) is 7.11 Å². The van der Waals surface area contributed by atoms with Crippen LogP contribution < -0.4 is 10.1 Å². The molecule has 0 atom stereocenters. The van der Waals surface area contributed by atoms with E-state index in [2.05, 4.69) is 5.32 Å². The smallest absolute Gasteiger partial charge is 0.416 e. The van der Waals surface area contributed by atoms with Crippen molar-refractivity contribution in [3.05, 3.63) is 65.7 Å². The molecule has 0 aliphatic heterocycles. The minimum Gasteiger partial charge on any atom is -0.497 e. The van der Waals surface area contributed by atoms with Crippen molar-refractivity contribution in [2.45, 2.75) is 19.5 Å². The summed E-state index contributed by atoms with van der Waals surface area (Å²) < 4.78 is 43.9. The number of hydrogen-bond donors (Lipinski definition) is 1. The molecule has 1 amide bonds. The number of rotatable bonds is 5. The van der Waals surface area contributed by atoms with Crippen LogP contribution in [-0.2, 0) is 17.4 Å². The fraction of sp³-hybridized carbons (Fsp3) is 0.227. The van der Waals surface area contributed by atoms with Crippen LogP contribution in [0.1, 0.15) is 18.1 Å². The van der Waals surface area contributed by atoms with E-state index in [1.807, 2.05) is 30.3 Å². The van der Waals surface area contributed by atoms with Crippen molar-refractivity contribution in [2.24, 2.45) is 0 Å². The highest BCUT2D eigenvalue weighted by molar-refractivity contribution is 5.99. The number of amides is 1. The summed E-state index contributed by atoms with van der Waals surface area (Å²) >= 11 is 0. The third-order valence-corrected chi connectivity index (χ3v) is 4.61. The molecule has 3 aromatic carbocycles. The van der Waals surface area contributed by atoms with Gasteiger partial charge in [-0.25, -0.2) is 0 Å². The van der Waals surface area contributed by atoms with Gasteiger partial charge >= 0.3 is 6.18 Å². The standard InChI is InChI=1S/C22H20F3NO2/c1-14(27)26-12-11-16-5-9-19(20-10-8-18(28-2)13-21(16)20)15-3-6-17(7-4-15)22(23,24)25/h3-10,13H,11-12H2,1-2H3,(H,26,27). The van der Waals surface area contributed by atoms with Gasteiger partial charge in [-0.1, -0.05) is 30.3 Å². The Labute approximate surface area is 161 Å². The zero-order valence-corrected chi connectivity index (χ0v) is 15.6. The highest BCUT2D eigenvalue weighted by Gasteiger charge is 2.30. The lowest BCUT2D eigenvalue weighted by Crippen LogP contribution is -2.22. The van der Waals surface area contributed by atoms with Crippen LogP contribution in [0.4, 0.5) is 13.2 Å². The molecule has 0 bridgehead atoms. The van der Waals surface area contributed by atoms with Gasteiger partial charge in [0.05, 0.1) is 12.7 Å². The van der Waals surface area contributed by atoms with Crippen molar-refractivity contribution < 1.29 is 22.7 Å². The molecular weight excluding hydrogens is 367 g/mol. The molecule has 3 aromatic rings. The molecule has 28 heavy (non-hydrogen) atoms. The van der Waals surface area contributed by atoms with Crippen LogP contribution in [0.25, 0.3) is 21.9 Å². The Morgan fingerprint density at radius 3 is 2.32 bits per heavy atom. The lowest BCUT2D eigenvalue weighted by atomic mass is 9.93. The highest BCUT2D eigenvalue weighted by Crippen LogP contribution is 2.35. The maximum absolute atomic E-state index is 12.8. The van der Waals surface area contributed by atoms with Crippen LogP contribution in [0.15, 0.2) is 54.6 Å². The van der Waals surface area contributed by atoms with E-state index in [1.165, 1.54) is 19.1 Å². The minimum atomic E-state index is -4.36. The van der Waals surface area contributed by atoms with Crippen molar-refractivity contribution in [3.8, 4) is 16.9 Å². The van der Waals surface area contributed by atoms with Gasteiger partial charge in [0.25, 0.3) is 0 Å². The van der Waals surface area contributed by atoms with Gasteiger partial charge in [-0.3, -0.25) is 4.79 Å². The third kappa shape index (κ3) is 4.27. The minimum absolute atomic E-state index is 0.0942. The van der Waals surface area contributed by atoms with Crippen LogP contribution in [0, 0.1) is 0 Å². The predicted molar refractivity (Wildman–Crippen MR) is 103 cm³/mol. The number of alkyl halides is 3. The first-order chi connectivity index (χ1) is 13.3. The first-order valence-electron chi connectivity index (χ1n) is 8.81. The maximum Gasteiger partial charge on any atom is 0.416 e. The van der Waals surface area contributed by atoms with Gasteiger partial charge in [0.1, 0.15) is 5.75 Å². The van der Waals surface area contributed by atoms with E-state index in [4.69, 9.17) is 4.74 Å². The molecule has 0 heterocycles. The number of methoxy groups -OCH3 is 1. The summed E-state index contributed by atoms with van der Waals surface area (Å²) in [5, 5.41) is 4.64. The summed E-state index contributed by atoms with van der Waals surface area (Å²) in [6.07, 6.45) is -3.72. The molecule has 0 aliphatic rings. The molecule has 0 aliphatic carbocycles. The van der Waals surface area contributed by atoms with Gasteiger partial charge < -0.3 is 10.1 Å². The molecule has 3 rings (SSSR count). The molecule has 0 fully saturated rings. The fourth-order valence-corrected chi connectivity index (χ4v) is 3.20. The average Bonchev–Trinajstić information content (AvgIpc) is 2.67. The number of carbonyl (C=O) groups is 1. The van der Waals surface area contributed by atoms with Gasteiger partial charge in [-0.15, -0.1) is 0 Å². The normalized spacial score (nSPS) is 11.5. The molecule has 146 valence electrons. The number of nitrogens with one attached hydrogen (secondary N) is 1. The second kappa shape index (κ2) is 7.92. The maximum atomic E-state index is 12.8. The largest absolute Gasteiger partial charge is 0.497 e. The lowest BCUT2D eigenvalue weighted by molar-refractivity contribution is -0.137. The summed E-state index contributed by atoms with van der Waals surface area (Å²) in [4.78, 5) is 11.1. The number of benzene rings is 3. The lowest BCUT2D eigenvalue weighted by Gasteiger charge is -2.14. The predicted octanol–water partition coefficient (Wildman–Crippen LogP) is 5.21. The number of hydrogen-bond acceptors (Lipinski definition) is 2. The Hall–Kier alpha value is -3.02. The first kappa shape index (κ1) is 19.7. The summed E-state index contributed by atoms with van der Waals surface area (Å²) in [7, 11) is 1.58. The molecule has 0 aromatic heterocycles. The van der Waals surface area contributed by atoms with E-state index >= 15 is 0 Å². The van der Waals surface area contributed by atoms with E-state index in [-0.39, 0.29) is 5.91 Å². The molecule has 0 spiro atoms. The average molecular weight is 387 g/mol. The zero-order valence-electron chi connectivity index (χ0n) is 15.6. The second-order valence-electron chi connectivity index (χ2n) is 6.49. The van der Waals surface area contributed by atoms with E-state index in [9.17, 15) is 18.0 Å². The molecule has 3 nitrogen and oxygen atoms in total. The van der Waals surface area contributed by atoms with Crippen LogP contribution in [0.2, 0.25) is 0 Å². The molecule has 0 saturated heterocycles. The molecule has 0 unspecified atom stereocenters. The van der Waals surface area contributed by atoms with Gasteiger partial charge in [-0.05, 0) is 58.1 Å². The molecule has 0 saturated carbocycles. The Bertz CT molecular complexity index is 995. The van der Waals surface area contributed by atoms with Crippen LogP contribution in [0.3, 0.4) is 0 Å². The van der Waals surface area contributed by atoms with Crippen molar-refractivity contribution in [1.82, 2.24) is 5.32 Å². The van der Waals surface area contributed by atoms with Gasteiger partial charge in [0, 0.05) is 13.5 Å². The summed E-state index contributed by atoms with van der Waals surface area (Å²) in [6.45, 7) is 1.97. The van der Waals surface area contributed by atoms with Crippen molar-refractivity contribution in [3.63, 3.8) is 0 Å². The second-order valence-corrected chi connectivity index (χ2v) is 6.49. The third-order valence-electron chi connectivity index (χ3n) is 4.61. The van der Waals surface area contributed by atoms with E-state index in [0.717, 1.165) is 34.0 Å². The van der Waals surface area contributed by atoms with Crippen LogP contribution in [0.5, 0.6) is 5.75 Å². The van der Waals surface area contributed by atoms with Crippen molar-refractivity contribution >= 4 is 16.7 Å². The summed E-state index contributed by atoms with van der Waals surface area (Å²) in [6, 6.07) is 14.6. The number of ether oxygens (including phenoxy) is 1. The van der Waals surface area contributed by atoms with Crippen molar-refractivity contribution in [2.75, 3.05) is 13.7 Å². The Balaban J connectivity index is 2.05. The van der Waals surface area contributed by atoms with Gasteiger partial charge in [0.15, 0.2) is 0 Å². The number of carbonyl (C=O) groups excluding carboxylic acids is 1. The highest BCUT2D eigenvalue weighted by atomic mass is 19.4. The van der Waals surface area contributed by atoms with Crippen LogP contribution >= 0.6 is 0 Å². The van der Waals surface area contributed by atoms with Gasteiger partial charge in [-0.2, -0.15) is 13.2 Å². The Morgan fingerprint density at radius 2 is 1.71 bits per heavy atom. The summed E-state index contributed by atoms with van der Waals surface area (Å²) in [5.41, 5.74) is 1.90. The number of halogens is 3. The van der Waals surface area contributed by atoms with E-state index in [0.29, 0.717) is 24.3 Å². The Morgan fingerprint density at radius 1 is 1.00 bits per heavy atom. The van der Waals surface area contributed by atoms with E-state index < -0.39 is 11.7 Å². The summed E-state index contributed by atoms with van der Waals surface area (Å²) in [5.74, 6) is 0.598. The Kier molecular flexibility index (Phi) is 5.58. The zero-order chi connectivity index (χ0) is 20.3. The fourth-order valence-electron chi connectivity index (χ4n) is 3.20. The SMILES string of the molecule is COc1ccc2c(-c3ccc(C(F)(F)F)cc3)ccc(CCNC(C)=O)c2c1. The topological polar surface area (TPSA) is 38.3 Å². The number of fused-ring (bicyclic) bond motifs is 1. The molecule has 1 N–H and O–H groups in total. The van der Waals surface area contributed by atoms with Gasteiger partial charge in [0.2, 0.25) is 5.91 Å². The molecular formula is C22H20F3NO2. The molecule has 6 heteroatoms.